The highest BCUT2D eigenvalue weighted by molar-refractivity contribution is 6.34. The van der Waals surface area contributed by atoms with E-state index in [0.717, 1.165) is 11.1 Å². The van der Waals surface area contributed by atoms with Crippen molar-refractivity contribution in [2.75, 3.05) is 26.2 Å². The van der Waals surface area contributed by atoms with Crippen molar-refractivity contribution < 1.29 is 18.8 Å². The summed E-state index contributed by atoms with van der Waals surface area (Å²) in [5.41, 5.74) is 2.23. The third-order valence-electron chi connectivity index (χ3n) is 6.45. The van der Waals surface area contributed by atoms with E-state index in [4.69, 9.17) is 9.31 Å². The number of hydrogen-bond donors (Lipinski definition) is 0. The highest BCUT2D eigenvalue weighted by atomic mass is 16.7. The minimum Gasteiger partial charge on any atom is -0.808 e. The lowest BCUT2D eigenvalue weighted by molar-refractivity contribution is -0.929. The molecule has 0 heterocycles. The van der Waals surface area contributed by atoms with Gasteiger partial charge in [-0.25, -0.2) is 0 Å². The quantitative estimate of drug-likeness (QED) is 0.189. The first kappa shape index (κ1) is 31.1. The zero-order valence-electron chi connectivity index (χ0n) is 23.4. The van der Waals surface area contributed by atoms with Gasteiger partial charge in [0.25, 0.3) is 0 Å². The Morgan fingerprint density at radius 1 is 0.571 bits per heavy atom. The van der Waals surface area contributed by atoms with Gasteiger partial charge in [-0.1, -0.05) is 88.8 Å². The lowest BCUT2D eigenvalue weighted by atomic mass is 10.1. The maximum absolute atomic E-state index is 11.6. The Morgan fingerprint density at radius 2 is 0.857 bits per heavy atom. The zero-order chi connectivity index (χ0) is 25.9. The summed E-state index contributed by atoms with van der Waals surface area (Å²) in [6, 6.07) is 14.5. The fourth-order valence-electron chi connectivity index (χ4n) is 4.12. The molecule has 0 aliphatic heterocycles. The molecule has 2 rings (SSSR count). The van der Waals surface area contributed by atoms with Gasteiger partial charge in [0.15, 0.2) is 0 Å². The fraction of sp³-hybridized carbons (Fsp3) is 0.600. The Balaban J connectivity index is 0.000000351. The van der Waals surface area contributed by atoms with Crippen LogP contribution in [0, 0.1) is 13.8 Å². The van der Waals surface area contributed by atoms with Gasteiger partial charge < -0.3 is 18.8 Å². The fourth-order valence-corrected chi connectivity index (χ4v) is 4.12. The molecule has 4 nitrogen and oxygen atoms in total. The lowest BCUT2D eigenvalue weighted by Gasteiger charge is -2.39. The highest BCUT2D eigenvalue weighted by Gasteiger charge is 2.24. The molecule has 0 saturated carbocycles. The predicted octanol–water partition coefficient (Wildman–Crippen LogP) is 7.11. The third-order valence-corrected chi connectivity index (χ3v) is 6.45. The van der Waals surface area contributed by atoms with Crippen molar-refractivity contribution in [1.29, 1.82) is 0 Å². The molecule has 2 aromatic rings. The summed E-state index contributed by atoms with van der Waals surface area (Å²) in [5.74, 6) is 1.01. The third kappa shape index (κ3) is 13.6. The van der Waals surface area contributed by atoms with Crippen molar-refractivity contribution in [3.05, 3.63) is 59.7 Å². The highest BCUT2D eigenvalue weighted by Crippen LogP contribution is 2.17. The number of quaternary nitrogens is 1. The molecular weight excluding hydrogens is 433 g/mol. The van der Waals surface area contributed by atoms with E-state index in [1.54, 1.807) is 24.3 Å². The van der Waals surface area contributed by atoms with Crippen LogP contribution in [0.1, 0.15) is 90.2 Å². The maximum atomic E-state index is 11.6. The molecule has 5 heteroatoms. The van der Waals surface area contributed by atoms with Gasteiger partial charge in [0.05, 0.1) is 26.2 Å². The van der Waals surface area contributed by atoms with Crippen molar-refractivity contribution in [2.45, 2.75) is 92.9 Å². The molecule has 35 heavy (non-hydrogen) atoms. The van der Waals surface area contributed by atoms with E-state index in [-0.39, 0.29) is 0 Å². The van der Waals surface area contributed by atoms with Crippen LogP contribution in [0.15, 0.2) is 48.5 Å². The van der Waals surface area contributed by atoms with Crippen LogP contribution in [0.5, 0.6) is 11.5 Å². The van der Waals surface area contributed by atoms with E-state index < -0.39 is 7.32 Å². The SMILES string of the molecule is CCCC[N+](CCCC)(CCCC)CCCC.Cc1ccc(OB([O-])Oc2ccc(C)cc2)cc1. The summed E-state index contributed by atoms with van der Waals surface area (Å²) in [4.78, 5) is 0. The maximum Gasteiger partial charge on any atom is 0.492 e. The molecule has 0 aliphatic carbocycles. The first-order valence-electron chi connectivity index (χ1n) is 13.9. The number of rotatable bonds is 16. The Hall–Kier alpha value is -1.98. The first-order chi connectivity index (χ1) is 16.9. The van der Waals surface area contributed by atoms with E-state index >= 15 is 0 Å². The van der Waals surface area contributed by atoms with Crippen LogP contribution in [0.4, 0.5) is 0 Å². The van der Waals surface area contributed by atoms with Gasteiger partial charge in [-0.15, -0.1) is 0 Å². The number of aryl methyl sites for hydroxylation is 2. The van der Waals surface area contributed by atoms with Gasteiger partial charge in [-0.05, 0) is 63.8 Å². The Morgan fingerprint density at radius 3 is 1.11 bits per heavy atom. The van der Waals surface area contributed by atoms with Crippen LogP contribution in [0.2, 0.25) is 0 Å². The van der Waals surface area contributed by atoms with E-state index in [2.05, 4.69) is 27.7 Å². The van der Waals surface area contributed by atoms with Crippen molar-refractivity contribution in [2.24, 2.45) is 0 Å². The van der Waals surface area contributed by atoms with Crippen molar-refractivity contribution >= 4 is 7.32 Å². The molecule has 2 aromatic carbocycles. The molecule has 0 spiro atoms. The van der Waals surface area contributed by atoms with Crippen molar-refractivity contribution in [1.82, 2.24) is 0 Å². The normalized spacial score (nSPS) is 10.9. The molecule has 0 radical (unpaired) electrons. The van der Waals surface area contributed by atoms with Crippen LogP contribution in [-0.2, 0) is 0 Å². The van der Waals surface area contributed by atoms with Gasteiger partial charge in [0.2, 0.25) is 0 Å². The van der Waals surface area contributed by atoms with Crippen LogP contribution in [0.3, 0.4) is 0 Å². The van der Waals surface area contributed by atoms with E-state index in [1.807, 2.05) is 38.1 Å². The summed E-state index contributed by atoms with van der Waals surface area (Å²) in [6.07, 6.45) is 11.1. The van der Waals surface area contributed by atoms with Gasteiger partial charge in [0.1, 0.15) is 11.5 Å². The summed E-state index contributed by atoms with van der Waals surface area (Å²) in [7, 11) is -1.56. The Labute approximate surface area is 216 Å². The van der Waals surface area contributed by atoms with Crippen LogP contribution >= 0.6 is 0 Å². The van der Waals surface area contributed by atoms with E-state index in [1.165, 1.54) is 82.0 Å². The average Bonchev–Trinajstić information content (AvgIpc) is 2.86. The number of hydrogen-bond acceptors (Lipinski definition) is 3. The molecule has 0 unspecified atom stereocenters. The minimum absolute atomic E-state index is 0.507. The molecule has 0 aromatic heterocycles. The summed E-state index contributed by atoms with van der Waals surface area (Å²) in [6.45, 7) is 19.0. The molecule has 196 valence electrons. The smallest absolute Gasteiger partial charge is 0.492 e. The van der Waals surface area contributed by atoms with Crippen LogP contribution < -0.4 is 14.3 Å². The second kappa shape index (κ2) is 18.3. The summed E-state index contributed by atoms with van der Waals surface area (Å²) >= 11 is 0. The predicted molar refractivity (Wildman–Crippen MR) is 149 cm³/mol. The standard InChI is InChI=1S/C16H36N.C14H14BO3/c1-5-9-13-17(14-10-6-2,15-11-7-3)16-12-8-4;1-11-3-7-13(8-4-11)17-15(16)18-14-9-5-12(2)6-10-14/h5-16H2,1-4H3;3-10H,1-2H3/q+1;-1. The largest absolute Gasteiger partial charge is 0.808 e. The zero-order valence-corrected chi connectivity index (χ0v) is 23.4. The van der Waals surface area contributed by atoms with Crippen molar-refractivity contribution in [3.63, 3.8) is 0 Å². The topological polar surface area (TPSA) is 41.5 Å². The molecule has 0 amide bonds. The molecular formula is C30H50BNO3. The number of nitrogens with zero attached hydrogens (tertiary/aromatic N) is 1. The van der Waals surface area contributed by atoms with Gasteiger partial charge in [-0.2, -0.15) is 0 Å². The second-order valence-corrected chi connectivity index (χ2v) is 9.80. The Bertz CT molecular complexity index is 679. The lowest BCUT2D eigenvalue weighted by Crippen LogP contribution is -2.50. The van der Waals surface area contributed by atoms with Gasteiger partial charge in [-0.3, -0.25) is 0 Å². The number of benzene rings is 2. The van der Waals surface area contributed by atoms with Crippen LogP contribution in [-0.4, -0.2) is 38.0 Å². The number of unbranched alkanes of at least 4 members (excludes halogenated alkanes) is 4. The first-order valence-corrected chi connectivity index (χ1v) is 13.9. The molecule has 0 bridgehead atoms. The monoisotopic (exact) mass is 483 g/mol. The molecule has 0 N–H and O–H groups in total. The van der Waals surface area contributed by atoms with E-state index in [9.17, 15) is 5.02 Å². The second-order valence-electron chi connectivity index (χ2n) is 9.80. The summed E-state index contributed by atoms with van der Waals surface area (Å²) < 4.78 is 11.7. The Kier molecular flexibility index (Phi) is 16.3. The summed E-state index contributed by atoms with van der Waals surface area (Å²) in [5, 5.41) is 11.6. The molecule has 0 fully saturated rings. The van der Waals surface area contributed by atoms with Gasteiger partial charge >= 0.3 is 7.32 Å². The molecule has 0 saturated heterocycles. The van der Waals surface area contributed by atoms with Gasteiger partial charge in [0, 0.05) is 0 Å². The van der Waals surface area contributed by atoms with Crippen molar-refractivity contribution in [3.8, 4) is 11.5 Å². The van der Waals surface area contributed by atoms with E-state index in [0.29, 0.717) is 11.5 Å². The molecule has 0 aliphatic rings. The van der Waals surface area contributed by atoms with Crippen LogP contribution in [0.25, 0.3) is 0 Å². The molecule has 0 atom stereocenters. The minimum atomic E-state index is -1.56. The average molecular weight is 484 g/mol.